The minimum absolute atomic E-state index is 0.0447. The summed E-state index contributed by atoms with van der Waals surface area (Å²) in [5.41, 5.74) is 2.90. The predicted octanol–water partition coefficient (Wildman–Crippen LogP) is 3.60. The third-order valence-electron chi connectivity index (χ3n) is 1.86. The van der Waals surface area contributed by atoms with Gasteiger partial charge in [-0.15, -0.1) is 0 Å². The van der Waals surface area contributed by atoms with Crippen LogP contribution < -0.4 is 0 Å². The highest BCUT2D eigenvalue weighted by Crippen LogP contribution is 2.11. The second-order valence-electron chi connectivity index (χ2n) is 3.32. The van der Waals surface area contributed by atoms with Gasteiger partial charge in [-0.3, -0.25) is 4.79 Å². The summed E-state index contributed by atoms with van der Waals surface area (Å²) in [4.78, 5) is 11.2. The maximum absolute atomic E-state index is 11.2. The largest absolute Gasteiger partial charge is 0.295 e. The standard InChI is InChI=1S/C13H18O/c1-6-8-13(10(3)4)9-12(7-2)11(5)14/h6-9H,2H2,1,3-5H3/b8-6-,12-9+. The zero-order chi connectivity index (χ0) is 11.1. The first-order valence-corrected chi connectivity index (χ1v) is 4.68. The van der Waals surface area contributed by atoms with Crippen molar-refractivity contribution in [3.8, 4) is 0 Å². The number of carbonyl (C=O) groups excluding carboxylic acids is 1. The summed E-state index contributed by atoms with van der Waals surface area (Å²) in [7, 11) is 0. The van der Waals surface area contributed by atoms with Gasteiger partial charge in [0, 0.05) is 5.57 Å². The minimum atomic E-state index is 0.0447. The van der Waals surface area contributed by atoms with Crippen molar-refractivity contribution in [1.29, 1.82) is 0 Å². The average molecular weight is 190 g/mol. The fourth-order valence-corrected chi connectivity index (χ4v) is 1.01. The van der Waals surface area contributed by atoms with Crippen LogP contribution in [0.5, 0.6) is 0 Å². The van der Waals surface area contributed by atoms with Crippen molar-refractivity contribution in [1.82, 2.24) is 0 Å². The fourth-order valence-electron chi connectivity index (χ4n) is 1.01. The molecule has 0 amide bonds. The van der Waals surface area contributed by atoms with E-state index in [9.17, 15) is 4.79 Å². The van der Waals surface area contributed by atoms with Gasteiger partial charge in [-0.2, -0.15) is 0 Å². The van der Waals surface area contributed by atoms with Crippen LogP contribution in [0.1, 0.15) is 27.7 Å². The van der Waals surface area contributed by atoms with E-state index in [1.807, 2.05) is 39.0 Å². The molecule has 1 heteroatoms. The quantitative estimate of drug-likeness (QED) is 0.489. The lowest BCUT2D eigenvalue weighted by atomic mass is 10.0. The van der Waals surface area contributed by atoms with Gasteiger partial charge in [0.25, 0.3) is 0 Å². The lowest BCUT2D eigenvalue weighted by Gasteiger charge is -2.00. The molecule has 0 bridgehead atoms. The number of ketones is 1. The van der Waals surface area contributed by atoms with Gasteiger partial charge >= 0.3 is 0 Å². The van der Waals surface area contributed by atoms with Gasteiger partial charge in [0.1, 0.15) is 0 Å². The van der Waals surface area contributed by atoms with Crippen molar-refractivity contribution >= 4 is 5.78 Å². The van der Waals surface area contributed by atoms with Crippen molar-refractivity contribution in [2.24, 2.45) is 0 Å². The third kappa shape index (κ3) is 4.04. The summed E-state index contributed by atoms with van der Waals surface area (Å²) in [5.74, 6) is 0.0447. The first kappa shape index (κ1) is 12.6. The molecule has 14 heavy (non-hydrogen) atoms. The summed E-state index contributed by atoms with van der Waals surface area (Å²) in [6.45, 7) is 11.2. The van der Waals surface area contributed by atoms with Crippen molar-refractivity contribution in [2.45, 2.75) is 27.7 Å². The minimum Gasteiger partial charge on any atom is -0.295 e. The molecule has 0 saturated carbocycles. The summed E-state index contributed by atoms with van der Waals surface area (Å²) in [6, 6.07) is 0. The maximum Gasteiger partial charge on any atom is 0.159 e. The van der Waals surface area contributed by atoms with Crippen LogP contribution in [0.25, 0.3) is 0 Å². The molecule has 0 atom stereocenters. The second-order valence-corrected chi connectivity index (χ2v) is 3.32. The van der Waals surface area contributed by atoms with E-state index in [-0.39, 0.29) is 5.78 Å². The predicted molar refractivity (Wildman–Crippen MR) is 62.1 cm³/mol. The number of hydrogen-bond acceptors (Lipinski definition) is 1. The number of rotatable bonds is 4. The zero-order valence-corrected chi connectivity index (χ0v) is 9.42. The Hall–Kier alpha value is -1.37. The highest BCUT2D eigenvalue weighted by Gasteiger charge is 1.99. The molecule has 0 aromatic rings. The Kier molecular flexibility index (Phi) is 5.54. The normalized spacial score (nSPS) is 11.6. The Morgan fingerprint density at radius 2 is 1.79 bits per heavy atom. The number of allylic oxidation sites excluding steroid dienone is 7. The van der Waals surface area contributed by atoms with Gasteiger partial charge in [0.15, 0.2) is 5.78 Å². The molecule has 0 saturated heterocycles. The Morgan fingerprint density at radius 1 is 1.21 bits per heavy atom. The molecule has 0 aliphatic rings. The SMILES string of the molecule is C=C/C(=C\C(/C=C\C)=C(C)C)C(C)=O. The molecule has 1 nitrogen and oxygen atoms in total. The van der Waals surface area contributed by atoms with Crippen LogP contribution >= 0.6 is 0 Å². The molecule has 0 spiro atoms. The van der Waals surface area contributed by atoms with Gasteiger partial charge in [0.2, 0.25) is 0 Å². The van der Waals surface area contributed by atoms with Gasteiger partial charge in [0.05, 0.1) is 0 Å². The van der Waals surface area contributed by atoms with E-state index in [1.165, 1.54) is 5.57 Å². The monoisotopic (exact) mass is 190 g/mol. The Labute approximate surface area is 86.5 Å². The molecular weight excluding hydrogens is 172 g/mol. The van der Waals surface area contributed by atoms with Gasteiger partial charge in [-0.05, 0) is 39.3 Å². The Morgan fingerprint density at radius 3 is 2.07 bits per heavy atom. The van der Waals surface area contributed by atoms with E-state index in [0.717, 1.165) is 5.57 Å². The molecule has 0 unspecified atom stereocenters. The van der Waals surface area contributed by atoms with Crippen LogP contribution in [-0.2, 0) is 4.79 Å². The van der Waals surface area contributed by atoms with E-state index in [2.05, 4.69) is 6.58 Å². The highest BCUT2D eigenvalue weighted by atomic mass is 16.1. The van der Waals surface area contributed by atoms with Crippen LogP contribution in [0.3, 0.4) is 0 Å². The van der Waals surface area contributed by atoms with E-state index in [1.54, 1.807) is 13.0 Å². The van der Waals surface area contributed by atoms with E-state index >= 15 is 0 Å². The van der Waals surface area contributed by atoms with E-state index in [4.69, 9.17) is 0 Å². The van der Waals surface area contributed by atoms with E-state index in [0.29, 0.717) is 5.57 Å². The average Bonchev–Trinajstić information content (AvgIpc) is 2.11. The summed E-state index contributed by atoms with van der Waals surface area (Å²) in [5, 5.41) is 0. The molecular formula is C13H18O. The van der Waals surface area contributed by atoms with Crippen molar-refractivity contribution in [3.05, 3.63) is 47.6 Å². The Balaban J connectivity index is 5.18. The Bertz CT molecular complexity index is 310. The maximum atomic E-state index is 11.2. The van der Waals surface area contributed by atoms with Gasteiger partial charge in [-0.1, -0.05) is 30.4 Å². The number of hydrogen-bond donors (Lipinski definition) is 0. The molecule has 0 aliphatic heterocycles. The van der Waals surface area contributed by atoms with Gasteiger partial charge in [-0.25, -0.2) is 0 Å². The fraction of sp³-hybridized carbons (Fsp3) is 0.308. The molecule has 0 aliphatic carbocycles. The second kappa shape index (κ2) is 6.14. The molecule has 0 aromatic carbocycles. The van der Waals surface area contributed by atoms with Crippen LogP contribution in [-0.4, -0.2) is 5.78 Å². The molecule has 0 radical (unpaired) electrons. The number of Topliss-reactive ketones (excluding diaryl/α,β-unsaturated/α-hetero) is 1. The summed E-state index contributed by atoms with van der Waals surface area (Å²) < 4.78 is 0. The summed E-state index contributed by atoms with van der Waals surface area (Å²) >= 11 is 0. The van der Waals surface area contributed by atoms with Gasteiger partial charge < -0.3 is 0 Å². The van der Waals surface area contributed by atoms with Crippen molar-refractivity contribution in [3.63, 3.8) is 0 Å². The molecule has 0 rings (SSSR count). The van der Waals surface area contributed by atoms with Crippen LogP contribution in [0.15, 0.2) is 47.6 Å². The van der Waals surface area contributed by atoms with Crippen molar-refractivity contribution < 1.29 is 4.79 Å². The molecule has 0 fully saturated rings. The smallest absolute Gasteiger partial charge is 0.159 e. The third-order valence-corrected chi connectivity index (χ3v) is 1.86. The van der Waals surface area contributed by atoms with Crippen LogP contribution in [0, 0.1) is 0 Å². The summed E-state index contributed by atoms with van der Waals surface area (Å²) in [6.07, 6.45) is 7.40. The van der Waals surface area contributed by atoms with E-state index < -0.39 is 0 Å². The number of carbonyl (C=O) groups is 1. The topological polar surface area (TPSA) is 17.1 Å². The van der Waals surface area contributed by atoms with Crippen LogP contribution in [0.4, 0.5) is 0 Å². The first-order chi connectivity index (χ1) is 6.52. The molecule has 0 aromatic heterocycles. The first-order valence-electron chi connectivity index (χ1n) is 4.68. The lowest BCUT2D eigenvalue weighted by Crippen LogP contribution is -1.93. The van der Waals surface area contributed by atoms with Crippen LogP contribution in [0.2, 0.25) is 0 Å². The lowest BCUT2D eigenvalue weighted by molar-refractivity contribution is -0.113. The zero-order valence-electron chi connectivity index (χ0n) is 9.42. The molecule has 0 N–H and O–H groups in total. The molecule has 0 heterocycles. The highest BCUT2D eigenvalue weighted by molar-refractivity contribution is 5.96. The van der Waals surface area contributed by atoms with Crippen molar-refractivity contribution in [2.75, 3.05) is 0 Å². The molecule has 76 valence electrons.